The molecule has 0 saturated heterocycles. The second-order valence-electron chi connectivity index (χ2n) is 4.38. The van der Waals surface area contributed by atoms with Gasteiger partial charge in [0.05, 0.1) is 0 Å². The second-order valence-corrected chi connectivity index (χ2v) is 4.38. The Bertz CT molecular complexity index is 623. The summed E-state index contributed by atoms with van der Waals surface area (Å²) in [4.78, 5) is 6.59. The van der Waals surface area contributed by atoms with Gasteiger partial charge in [-0.1, -0.05) is 29.8 Å². The summed E-state index contributed by atoms with van der Waals surface area (Å²) in [5.41, 5.74) is 3.43. The average molecular weight is 239 g/mol. The van der Waals surface area contributed by atoms with Gasteiger partial charge in [-0.25, -0.2) is 9.97 Å². The number of rotatable bonds is 3. The van der Waals surface area contributed by atoms with Crippen LogP contribution in [0.3, 0.4) is 0 Å². The van der Waals surface area contributed by atoms with Gasteiger partial charge in [0.1, 0.15) is 5.75 Å². The maximum Gasteiger partial charge on any atom is 0.291 e. The standard InChI is InChI=1S/C15H14N2O/c1-11-6-8-12(9-7-11)18-10-15-16-13-4-2-3-5-14(13)17-15/h2-9H,10H2,1H3,(H,16,17)/p+1. The predicted octanol–water partition coefficient (Wildman–Crippen LogP) is 2.87. The van der Waals surface area contributed by atoms with Crippen molar-refractivity contribution >= 4 is 11.0 Å². The zero-order valence-corrected chi connectivity index (χ0v) is 10.2. The van der Waals surface area contributed by atoms with E-state index < -0.39 is 0 Å². The molecule has 0 aliphatic rings. The number of H-pyrrole nitrogens is 2. The van der Waals surface area contributed by atoms with E-state index in [2.05, 4.69) is 16.9 Å². The highest BCUT2D eigenvalue weighted by Crippen LogP contribution is 2.13. The van der Waals surface area contributed by atoms with Gasteiger partial charge >= 0.3 is 0 Å². The first-order valence-corrected chi connectivity index (χ1v) is 6.00. The summed E-state index contributed by atoms with van der Waals surface area (Å²) >= 11 is 0. The van der Waals surface area contributed by atoms with Crippen molar-refractivity contribution in [1.29, 1.82) is 0 Å². The van der Waals surface area contributed by atoms with Crippen LogP contribution >= 0.6 is 0 Å². The molecule has 0 unspecified atom stereocenters. The lowest BCUT2D eigenvalue weighted by molar-refractivity contribution is -0.362. The molecule has 0 radical (unpaired) electrons. The van der Waals surface area contributed by atoms with E-state index in [0.29, 0.717) is 6.61 Å². The molecular formula is C15H15N2O+. The summed E-state index contributed by atoms with van der Waals surface area (Å²) in [6.45, 7) is 2.58. The monoisotopic (exact) mass is 239 g/mol. The number of nitrogens with one attached hydrogen (secondary N) is 2. The Hall–Kier alpha value is -2.29. The number of hydrogen-bond donors (Lipinski definition) is 1. The van der Waals surface area contributed by atoms with Crippen LogP contribution in [0.5, 0.6) is 5.75 Å². The topological polar surface area (TPSA) is 39.2 Å². The van der Waals surface area contributed by atoms with E-state index in [1.54, 1.807) is 0 Å². The molecule has 0 atom stereocenters. The van der Waals surface area contributed by atoms with Gasteiger partial charge in [-0.3, -0.25) is 0 Å². The third-order valence-corrected chi connectivity index (χ3v) is 2.90. The van der Waals surface area contributed by atoms with E-state index in [1.807, 2.05) is 48.5 Å². The van der Waals surface area contributed by atoms with Crippen molar-refractivity contribution in [3.8, 4) is 5.75 Å². The van der Waals surface area contributed by atoms with Gasteiger partial charge in [0.15, 0.2) is 17.6 Å². The number of aromatic amines is 2. The molecule has 0 saturated carbocycles. The summed E-state index contributed by atoms with van der Waals surface area (Å²) in [6, 6.07) is 16.2. The van der Waals surface area contributed by atoms with E-state index in [9.17, 15) is 0 Å². The molecule has 1 aromatic heterocycles. The molecule has 0 aliphatic carbocycles. The number of imidazole rings is 1. The second kappa shape index (κ2) is 4.53. The largest absolute Gasteiger partial charge is 0.481 e. The Kier molecular flexibility index (Phi) is 2.73. The number of aryl methyl sites for hydroxylation is 1. The highest BCUT2D eigenvalue weighted by Gasteiger charge is 2.09. The SMILES string of the molecule is Cc1ccc(OCc2[nH]c3ccccc3[nH+]2)cc1. The van der Waals surface area contributed by atoms with Crippen LogP contribution in [0.25, 0.3) is 11.0 Å². The molecule has 0 amide bonds. The van der Waals surface area contributed by atoms with Crippen molar-refractivity contribution in [2.75, 3.05) is 0 Å². The van der Waals surface area contributed by atoms with Crippen molar-refractivity contribution in [2.24, 2.45) is 0 Å². The lowest BCUT2D eigenvalue weighted by Gasteiger charge is -2.01. The molecular weight excluding hydrogens is 224 g/mol. The molecule has 2 N–H and O–H groups in total. The van der Waals surface area contributed by atoms with Gasteiger partial charge in [0.25, 0.3) is 5.82 Å². The van der Waals surface area contributed by atoms with Gasteiger partial charge in [-0.2, -0.15) is 0 Å². The van der Waals surface area contributed by atoms with Crippen molar-refractivity contribution in [3.63, 3.8) is 0 Å². The van der Waals surface area contributed by atoms with E-state index in [1.165, 1.54) is 5.56 Å². The molecule has 1 heterocycles. The molecule has 3 heteroatoms. The normalized spacial score (nSPS) is 10.7. The molecule has 3 nitrogen and oxygen atoms in total. The highest BCUT2D eigenvalue weighted by atomic mass is 16.5. The minimum Gasteiger partial charge on any atom is -0.481 e. The fraction of sp³-hybridized carbons (Fsp3) is 0.133. The van der Waals surface area contributed by atoms with Gasteiger partial charge < -0.3 is 4.74 Å². The minimum absolute atomic E-state index is 0.512. The molecule has 0 bridgehead atoms. The van der Waals surface area contributed by atoms with Crippen LogP contribution in [0.1, 0.15) is 11.4 Å². The van der Waals surface area contributed by atoms with Crippen LogP contribution in [0.15, 0.2) is 48.5 Å². The van der Waals surface area contributed by atoms with Crippen molar-refractivity contribution < 1.29 is 9.72 Å². The maximum absolute atomic E-state index is 5.71. The highest BCUT2D eigenvalue weighted by molar-refractivity contribution is 5.70. The molecule has 90 valence electrons. The molecule has 0 aliphatic heterocycles. The smallest absolute Gasteiger partial charge is 0.291 e. The lowest BCUT2D eigenvalue weighted by atomic mass is 10.2. The lowest BCUT2D eigenvalue weighted by Crippen LogP contribution is -2.10. The Morgan fingerprint density at radius 3 is 2.61 bits per heavy atom. The van der Waals surface area contributed by atoms with Crippen molar-refractivity contribution in [2.45, 2.75) is 13.5 Å². The number of hydrogen-bond acceptors (Lipinski definition) is 1. The summed E-state index contributed by atoms with van der Waals surface area (Å²) in [7, 11) is 0. The van der Waals surface area contributed by atoms with E-state index >= 15 is 0 Å². The van der Waals surface area contributed by atoms with Crippen LogP contribution in [0, 0.1) is 6.92 Å². The van der Waals surface area contributed by atoms with E-state index in [4.69, 9.17) is 4.74 Å². The number of benzene rings is 2. The first-order chi connectivity index (χ1) is 8.81. The Morgan fingerprint density at radius 2 is 1.83 bits per heavy atom. The van der Waals surface area contributed by atoms with Crippen LogP contribution in [0.4, 0.5) is 0 Å². The van der Waals surface area contributed by atoms with E-state index in [-0.39, 0.29) is 0 Å². The fourth-order valence-electron chi connectivity index (χ4n) is 1.92. The molecule has 0 spiro atoms. The fourth-order valence-corrected chi connectivity index (χ4v) is 1.92. The van der Waals surface area contributed by atoms with Crippen molar-refractivity contribution in [3.05, 3.63) is 59.9 Å². The Morgan fingerprint density at radius 1 is 1.06 bits per heavy atom. The first-order valence-electron chi connectivity index (χ1n) is 6.00. The van der Waals surface area contributed by atoms with Crippen molar-refractivity contribution in [1.82, 2.24) is 4.98 Å². The Balaban J connectivity index is 1.74. The first kappa shape index (κ1) is 10.8. The maximum atomic E-state index is 5.71. The third kappa shape index (κ3) is 2.20. The summed E-state index contributed by atoms with van der Waals surface area (Å²) in [6.07, 6.45) is 0. The molecule has 3 aromatic rings. The Labute approximate surface area is 105 Å². The van der Waals surface area contributed by atoms with Crippen LogP contribution in [-0.2, 0) is 6.61 Å². The molecule has 2 aromatic carbocycles. The third-order valence-electron chi connectivity index (χ3n) is 2.90. The van der Waals surface area contributed by atoms with Crippen LogP contribution in [-0.4, -0.2) is 4.98 Å². The summed E-state index contributed by atoms with van der Waals surface area (Å²) < 4.78 is 5.71. The zero-order chi connectivity index (χ0) is 12.4. The molecule has 18 heavy (non-hydrogen) atoms. The van der Waals surface area contributed by atoms with E-state index in [0.717, 1.165) is 22.6 Å². The quantitative estimate of drug-likeness (QED) is 0.750. The van der Waals surface area contributed by atoms with Gasteiger partial charge in [-0.15, -0.1) is 0 Å². The van der Waals surface area contributed by atoms with Gasteiger partial charge in [0, 0.05) is 0 Å². The molecule has 0 fully saturated rings. The summed E-state index contributed by atoms with van der Waals surface area (Å²) in [5, 5.41) is 0. The number of aromatic nitrogens is 2. The van der Waals surface area contributed by atoms with Gasteiger partial charge in [-0.05, 0) is 31.2 Å². The number of ether oxygens (including phenoxy) is 1. The molecule has 3 rings (SSSR count). The predicted molar refractivity (Wildman–Crippen MR) is 70.4 cm³/mol. The average Bonchev–Trinajstić information content (AvgIpc) is 2.81. The number of fused-ring (bicyclic) bond motifs is 1. The van der Waals surface area contributed by atoms with Crippen LogP contribution in [0.2, 0.25) is 0 Å². The van der Waals surface area contributed by atoms with Gasteiger partial charge in [0.2, 0.25) is 0 Å². The zero-order valence-electron chi connectivity index (χ0n) is 10.2. The minimum atomic E-state index is 0.512. The van der Waals surface area contributed by atoms with Crippen LogP contribution < -0.4 is 9.72 Å². The number of para-hydroxylation sites is 2. The summed E-state index contributed by atoms with van der Waals surface area (Å²) in [5.74, 6) is 1.85.